The number of ketones is 1. The van der Waals surface area contributed by atoms with Crippen molar-refractivity contribution in [1.29, 1.82) is 0 Å². The molecule has 1 unspecified atom stereocenters. The average Bonchev–Trinajstić information content (AvgIpc) is 2.55. The summed E-state index contributed by atoms with van der Waals surface area (Å²) in [6.45, 7) is 2.44. The van der Waals surface area contributed by atoms with Crippen molar-refractivity contribution in [3.05, 3.63) is 24.2 Å². The van der Waals surface area contributed by atoms with Gasteiger partial charge in [0, 0.05) is 18.4 Å². The first kappa shape index (κ1) is 8.51. The van der Waals surface area contributed by atoms with Crippen molar-refractivity contribution in [3.63, 3.8) is 0 Å². The molecule has 1 atom stereocenters. The highest BCUT2D eigenvalue weighted by Crippen LogP contribution is 2.33. The molecule has 0 N–H and O–H groups in total. The molecular weight excluding hydrogens is 168 g/mol. The molecule has 70 valence electrons. The van der Waals surface area contributed by atoms with Crippen LogP contribution in [0.15, 0.2) is 23.0 Å². The molecule has 1 fully saturated rings. The van der Waals surface area contributed by atoms with Gasteiger partial charge in [-0.1, -0.05) is 0 Å². The van der Waals surface area contributed by atoms with E-state index in [1.807, 2.05) is 13.0 Å². The summed E-state index contributed by atoms with van der Waals surface area (Å²) in [6, 6.07) is 1.85. The molecular formula is C10H12O3. The first-order valence-electron chi connectivity index (χ1n) is 4.39. The number of rotatable bonds is 1. The van der Waals surface area contributed by atoms with E-state index in [0.29, 0.717) is 19.4 Å². The van der Waals surface area contributed by atoms with Gasteiger partial charge in [0.15, 0.2) is 0 Å². The lowest BCUT2D eigenvalue weighted by molar-refractivity contribution is -0.138. The summed E-state index contributed by atoms with van der Waals surface area (Å²) in [5.74, 6) is 0.259. The molecule has 1 aromatic rings. The van der Waals surface area contributed by atoms with Crippen LogP contribution in [-0.4, -0.2) is 12.4 Å². The van der Waals surface area contributed by atoms with Crippen LogP contribution >= 0.6 is 0 Å². The van der Waals surface area contributed by atoms with Gasteiger partial charge in [-0.05, 0) is 13.0 Å². The SMILES string of the molecule is CC1(c2ccoc2)CC(=O)CCO1. The van der Waals surface area contributed by atoms with E-state index in [-0.39, 0.29) is 5.78 Å². The van der Waals surface area contributed by atoms with Crippen molar-refractivity contribution in [2.45, 2.75) is 25.4 Å². The molecule has 1 saturated heterocycles. The molecule has 3 heteroatoms. The Labute approximate surface area is 76.7 Å². The van der Waals surface area contributed by atoms with Gasteiger partial charge in [-0.3, -0.25) is 4.79 Å². The van der Waals surface area contributed by atoms with Crippen LogP contribution in [0, 0.1) is 0 Å². The quantitative estimate of drug-likeness (QED) is 0.662. The van der Waals surface area contributed by atoms with Crippen LogP contribution in [0.1, 0.15) is 25.3 Å². The summed E-state index contributed by atoms with van der Waals surface area (Å²) >= 11 is 0. The lowest BCUT2D eigenvalue weighted by Crippen LogP contribution is -2.34. The van der Waals surface area contributed by atoms with E-state index in [1.54, 1.807) is 12.5 Å². The maximum Gasteiger partial charge on any atom is 0.138 e. The smallest absolute Gasteiger partial charge is 0.138 e. The number of ether oxygens (including phenoxy) is 1. The van der Waals surface area contributed by atoms with Crippen molar-refractivity contribution in [2.24, 2.45) is 0 Å². The Balaban J connectivity index is 2.24. The normalized spacial score (nSPS) is 29.2. The zero-order valence-electron chi connectivity index (χ0n) is 7.58. The van der Waals surface area contributed by atoms with Gasteiger partial charge in [0.2, 0.25) is 0 Å². The van der Waals surface area contributed by atoms with E-state index in [2.05, 4.69) is 0 Å². The maximum absolute atomic E-state index is 11.3. The molecule has 3 nitrogen and oxygen atoms in total. The summed E-state index contributed by atoms with van der Waals surface area (Å²) in [5, 5.41) is 0. The van der Waals surface area contributed by atoms with Crippen molar-refractivity contribution in [1.82, 2.24) is 0 Å². The molecule has 0 aliphatic carbocycles. The molecule has 0 bridgehead atoms. The monoisotopic (exact) mass is 180 g/mol. The number of hydrogen-bond donors (Lipinski definition) is 0. The molecule has 0 saturated carbocycles. The second-order valence-corrected chi connectivity index (χ2v) is 3.56. The first-order valence-corrected chi connectivity index (χ1v) is 4.39. The standard InChI is InChI=1S/C10H12O3/c1-10(8-2-4-12-7-8)6-9(11)3-5-13-10/h2,4,7H,3,5-6H2,1H3. The number of hydrogen-bond acceptors (Lipinski definition) is 3. The predicted molar refractivity (Wildman–Crippen MR) is 46.3 cm³/mol. The summed E-state index contributed by atoms with van der Waals surface area (Å²) in [6.07, 6.45) is 4.22. The summed E-state index contributed by atoms with van der Waals surface area (Å²) < 4.78 is 10.6. The van der Waals surface area contributed by atoms with Crippen LogP contribution in [0.5, 0.6) is 0 Å². The molecule has 2 rings (SSSR count). The number of carbonyl (C=O) groups excluding carboxylic acids is 1. The van der Waals surface area contributed by atoms with Gasteiger partial charge in [-0.15, -0.1) is 0 Å². The van der Waals surface area contributed by atoms with E-state index in [1.165, 1.54) is 0 Å². The van der Waals surface area contributed by atoms with Crippen LogP contribution in [0.2, 0.25) is 0 Å². The fourth-order valence-corrected chi connectivity index (χ4v) is 1.66. The van der Waals surface area contributed by atoms with Gasteiger partial charge < -0.3 is 9.15 Å². The third kappa shape index (κ3) is 1.52. The predicted octanol–water partition coefficient (Wildman–Crippen LogP) is 1.87. The Kier molecular flexibility index (Phi) is 1.96. The van der Waals surface area contributed by atoms with Crippen LogP contribution in [-0.2, 0) is 15.1 Å². The second kappa shape index (κ2) is 3.00. The van der Waals surface area contributed by atoms with Crippen molar-refractivity contribution in [2.75, 3.05) is 6.61 Å². The molecule has 1 aliphatic heterocycles. The summed E-state index contributed by atoms with van der Waals surface area (Å²) in [4.78, 5) is 11.3. The van der Waals surface area contributed by atoms with Gasteiger partial charge in [0.1, 0.15) is 11.4 Å². The fraction of sp³-hybridized carbons (Fsp3) is 0.500. The average molecular weight is 180 g/mol. The van der Waals surface area contributed by atoms with Crippen LogP contribution in [0.25, 0.3) is 0 Å². The zero-order chi connectivity index (χ0) is 9.31. The topological polar surface area (TPSA) is 39.4 Å². The molecule has 2 heterocycles. The minimum absolute atomic E-state index is 0.259. The lowest BCUT2D eigenvalue weighted by Gasteiger charge is -2.31. The summed E-state index contributed by atoms with van der Waals surface area (Å²) in [7, 11) is 0. The lowest BCUT2D eigenvalue weighted by atomic mass is 9.89. The molecule has 1 aromatic heterocycles. The highest BCUT2D eigenvalue weighted by molar-refractivity contribution is 5.80. The third-order valence-electron chi connectivity index (χ3n) is 2.47. The maximum atomic E-state index is 11.3. The number of carbonyl (C=O) groups is 1. The highest BCUT2D eigenvalue weighted by atomic mass is 16.5. The zero-order valence-corrected chi connectivity index (χ0v) is 7.58. The molecule has 1 aliphatic rings. The Morgan fingerprint density at radius 1 is 1.54 bits per heavy atom. The second-order valence-electron chi connectivity index (χ2n) is 3.56. The fourth-order valence-electron chi connectivity index (χ4n) is 1.66. The largest absolute Gasteiger partial charge is 0.472 e. The minimum atomic E-state index is -0.470. The van der Waals surface area contributed by atoms with Gasteiger partial charge in [0.25, 0.3) is 0 Å². The highest BCUT2D eigenvalue weighted by Gasteiger charge is 2.34. The van der Waals surface area contributed by atoms with Gasteiger partial charge >= 0.3 is 0 Å². The first-order chi connectivity index (χ1) is 6.21. The Morgan fingerprint density at radius 3 is 3.00 bits per heavy atom. The van der Waals surface area contributed by atoms with Gasteiger partial charge in [-0.25, -0.2) is 0 Å². The van der Waals surface area contributed by atoms with Crippen LogP contribution in [0.3, 0.4) is 0 Å². The number of furan rings is 1. The van der Waals surface area contributed by atoms with Crippen LogP contribution < -0.4 is 0 Å². The van der Waals surface area contributed by atoms with Crippen LogP contribution in [0.4, 0.5) is 0 Å². The van der Waals surface area contributed by atoms with E-state index >= 15 is 0 Å². The molecule has 13 heavy (non-hydrogen) atoms. The Bertz CT molecular complexity index is 302. The molecule has 0 radical (unpaired) electrons. The minimum Gasteiger partial charge on any atom is -0.472 e. The van der Waals surface area contributed by atoms with E-state index < -0.39 is 5.60 Å². The molecule has 0 amide bonds. The van der Waals surface area contributed by atoms with Crippen molar-refractivity contribution >= 4 is 5.78 Å². The molecule has 0 spiro atoms. The van der Waals surface area contributed by atoms with Crippen molar-refractivity contribution in [3.8, 4) is 0 Å². The molecule has 0 aromatic carbocycles. The summed E-state index contributed by atoms with van der Waals surface area (Å²) in [5.41, 5.74) is 0.475. The van der Waals surface area contributed by atoms with E-state index in [9.17, 15) is 4.79 Å². The Hall–Kier alpha value is -1.09. The van der Waals surface area contributed by atoms with Gasteiger partial charge in [-0.2, -0.15) is 0 Å². The van der Waals surface area contributed by atoms with E-state index in [0.717, 1.165) is 5.56 Å². The van der Waals surface area contributed by atoms with Gasteiger partial charge in [0.05, 0.1) is 19.1 Å². The number of Topliss-reactive ketones (excluding diaryl/α,β-unsaturated/α-hetero) is 1. The third-order valence-corrected chi connectivity index (χ3v) is 2.47. The van der Waals surface area contributed by atoms with E-state index in [4.69, 9.17) is 9.15 Å². The van der Waals surface area contributed by atoms with Crippen molar-refractivity contribution < 1.29 is 13.9 Å². The Morgan fingerprint density at radius 2 is 2.38 bits per heavy atom.